The van der Waals surface area contributed by atoms with Gasteiger partial charge in [-0.1, -0.05) is 24.3 Å². The molecule has 136 valence electrons. The molecule has 2 aromatic rings. The Labute approximate surface area is 150 Å². The maximum absolute atomic E-state index is 12.7. The van der Waals surface area contributed by atoms with Gasteiger partial charge < -0.3 is 15.7 Å². The number of anilines is 1. The van der Waals surface area contributed by atoms with Crippen LogP contribution in [0, 0.1) is 10.8 Å². The number of hydrogen-bond donors (Lipinski definition) is 2. The highest BCUT2D eigenvalue weighted by Gasteiger charge is 2.30. The van der Waals surface area contributed by atoms with E-state index in [0.29, 0.717) is 6.54 Å². The van der Waals surface area contributed by atoms with Gasteiger partial charge in [0.2, 0.25) is 0 Å². The molecule has 0 saturated heterocycles. The molecule has 2 aromatic carbocycles. The molecule has 0 unspecified atom stereocenters. The molecular weight excluding hydrogens is 339 g/mol. The van der Waals surface area contributed by atoms with Crippen LogP contribution < -0.4 is 4.90 Å². The van der Waals surface area contributed by atoms with Crippen LogP contribution in [-0.4, -0.2) is 19.0 Å². The van der Waals surface area contributed by atoms with Crippen molar-refractivity contribution in [1.82, 2.24) is 0 Å². The first kappa shape index (κ1) is 18.2. The van der Waals surface area contributed by atoms with Crippen LogP contribution in [-0.2, 0) is 19.1 Å². The molecule has 0 aliphatic carbocycles. The lowest BCUT2D eigenvalue weighted by molar-refractivity contribution is -0.137. The molecule has 1 aliphatic heterocycles. The van der Waals surface area contributed by atoms with Gasteiger partial charge in [0.25, 0.3) is 0 Å². The SMILES string of the molecule is N=CC(C=N)c1ccc2c(c1)CCCN2Cc1ccc(C(F)(F)F)cc1. The summed E-state index contributed by atoms with van der Waals surface area (Å²) in [5, 5.41) is 14.8. The lowest BCUT2D eigenvalue weighted by Gasteiger charge is -2.32. The van der Waals surface area contributed by atoms with Gasteiger partial charge in [-0.15, -0.1) is 0 Å². The Morgan fingerprint density at radius 3 is 2.35 bits per heavy atom. The molecule has 6 heteroatoms. The quantitative estimate of drug-likeness (QED) is 0.722. The van der Waals surface area contributed by atoms with E-state index >= 15 is 0 Å². The topological polar surface area (TPSA) is 50.9 Å². The van der Waals surface area contributed by atoms with E-state index in [0.717, 1.165) is 53.9 Å². The summed E-state index contributed by atoms with van der Waals surface area (Å²) in [4.78, 5) is 2.18. The minimum absolute atomic E-state index is 0.314. The molecule has 0 saturated carbocycles. The molecule has 0 fully saturated rings. The fourth-order valence-corrected chi connectivity index (χ4v) is 3.33. The van der Waals surface area contributed by atoms with E-state index in [1.165, 1.54) is 24.6 Å². The molecular formula is C20H20F3N3. The van der Waals surface area contributed by atoms with Gasteiger partial charge in [-0.2, -0.15) is 13.2 Å². The van der Waals surface area contributed by atoms with E-state index in [2.05, 4.69) is 4.90 Å². The maximum atomic E-state index is 12.7. The van der Waals surface area contributed by atoms with Crippen LogP contribution in [0.2, 0.25) is 0 Å². The summed E-state index contributed by atoms with van der Waals surface area (Å²) < 4.78 is 38.1. The Morgan fingerprint density at radius 2 is 1.73 bits per heavy atom. The van der Waals surface area contributed by atoms with Crippen molar-refractivity contribution in [2.45, 2.75) is 31.5 Å². The van der Waals surface area contributed by atoms with Crippen LogP contribution in [0.25, 0.3) is 0 Å². The Kier molecular flexibility index (Phi) is 5.11. The predicted octanol–water partition coefficient (Wildman–Crippen LogP) is 5.04. The average molecular weight is 359 g/mol. The third kappa shape index (κ3) is 3.79. The Hall–Kier alpha value is -2.63. The number of halogens is 3. The van der Waals surface area contributed by atoms with Gasteiger partial charge in [-0.25, -0.2) is 0 Å². The molecule has 1 heterocycles. The zero-order chi connectivity index (χ0) is 18.7. The highest BCUT2D eigenvalue weighted by atomic mass is 19.4. The van der Waals surface area contributed by atoms with Gasteiger partial charge in [-0.3, -0.25) is 0 Å². The Bertz CT molecular complexity index is 789. The van der Waals surface area contributed by atoms with E-state index in [1.807, 2.05) is 18.2 Å². The normalized spacial score (nSPS) is 15.3. The van der Waals surface area contributed by atoms with Crippen LogP contribution in [0.15, 0.2) is 42.5 Å². The second-order valence-corrected chi connectivity index (χ2v) is 6.47. The first-order valence-electron chi connectivity index (χ1n) is 8.47. The minimum atomic E-state index is -4.31. The molecule has 0 atom stereocenters. The molecule has 3 nitrogen and oxygen atoms in total. The molecule has 0 spiro atoms. The first-order valence-corrected chi connectivity index (χ1v) is 8.47. The van der Waals surface area contributed by atoms with Crippen LogP contribution in [0.1, 0.15) is 34.6 Å². The van der Waals surface area contributed by atoms with Gasteiger partial charge in [-0.05, 0) is 47.7 Å². The Balaban J connectivity index is 1.81. The van der Waals surface area contributed by atoms with Gasteiger partial charge in [0.1, 0.15) is 0 Å². The summed E-state index contributed by atoms with van der Waals surface area (Å²) >= 11 is 0. The summed E-state index contributed by atoms with van der Waals surface area (Å²) in [6.07, 6.45) is 0.0777. The van der Waals surface area contributed by atoms with Gasteiger partial charge in [0.15, 0.2) is 0 Å². The van der Waals surface area contributed by atoms with Crippen molar-refractivity contribution in [3.8, 4) is 0 Å². The van der Waals surface area contributed by atoms with Crippen molar-refractivity contribution in [3.05, 3.63) is 64.7 Å². The summed E-state index contributed by atoms with van der Waals surface area (Å²) in [6.45, 7) is 1.41. The molecule has 1 aliphatic rings. The molecule has 0 bridgehead atoms. The van der Waals surface area contributed by atoms with Crippen molar-refractivity contribution in [1.29, 1.82) is 10.8 Å². The fraction of sp³-hybridized carbons (Fsp3) is 0.300. The highest BCUT2D eigenvalue weighted by Crippen LogP contribution is 2.32. The first-order chi connectivity index (χ1) is 12.4. The van der Waals surface area contributed by atoms with Crippen molar-refractivity contribution >= 4 is 18.1 Å². The van der Waals surface area contributed by atoms with Crippen LogP contribution in [0.3, 0.4) is 0 Å². The van der Waals surface area contributed by atoms with Crippen molar-refractivity contribution in [3.63, 3.8) is 0 Å². The largest absolute Gasteiger partial charge is 0.416 e. The number of benzene rings is 2. The number of nitrogens with zero attached hydrogens (tertiary/aromatic N) is 1. The second kappa shape index (κ2) is 7.32. The summed E-state index contributed by atoms with van der Waals surface area (Å²) in [6, 6.07) is 11.3. The van der Waals surface area contributed by atoms with E-state index < -0.39 is 11.7 Å². The number of hydrogen-bond acceptors (Lipinski definition) is 3. The summed E-state index contributed by atoms with van der Waals surface area (Å²) in [5.74, 6) is -0.314. The number of nitrogens with one attached hydrogen (secondary N) is 2. The van der Waals surface area contributed by atoms with Crippen LogP contribution in [0.5, 0.6) is 0 Å². The third-order valence-corrected chi connectivity index (χ3v) is 4.72. The zero-order valence-electron chi connectivity index (χ0n) is 14.2. The lowest BCUT2D eigenvalue weighted by atomic mass is 9.94. The van der Waals surface area contributed by atoms with E-state index in [1.54, 1.807) is 0 Å². The average Bonchev–Trinajstić information content (AvgIpc) is 2.62. The number of fused-ring (bicyclic) bond motifs is 1. The fourth-order valence-electron chi connectivity index (χ4n) is 3.33. The molecule has 0 amide bonds. The van der Waals surface area contributed by atoms with Crippen molar-refractivity contribution in [2.75, 3.05) is 11.4 Å². The zero-order valence-corrected chi connectivity index (χ0v) is 14.2. The standard InChI is InChI=1S/C20H20F3N3/c21-20(22,23)18-6-3-14(4-7-18)13-26-9-1-2-16-10-15(5-8-19(16)26)17(11-24)12-25/h3-8,10-12,17,24-25H,1-2,9,13H2. The number of rotatable bonds is 5. The monoisotopic (exact) mass is 359 g/mol. The molecule has 2 N–H and O–H groups in total. The molecule has 26 heavy (non-hydrogen) atoms. The van der Waals surface area contributed by atoms with Crippen LogP contribution in [0.4, 0.5) is 18.9 Å². The highest BCUT2D eigenvalue weighted by molar-refractivity contribution is 5.87. The van der Waals surface area contributed by atoms with Crippen molar-refractivity contribution < 1.29 is 13.2 Å². The molecule has 0 radical (unpaired) electrons. The van der Waals surface area contributed by atoms with Crippen LogP contribution >= 0.6 is 0 Å². The van der Waals surface area contributed by atoms with E-state index in [4.69, 9.17) is 10.8 Å². The van der Waals surface area contributed by atoms with Gasteiger partial charge in [0.05, 0.1) is 11.5 Å². The predicted molar refractivity (Wildman–Crippen MR) is 97.6 cm³/mol. The van der Waals surface area contributed by atoms with Gasteiger partial charge >= 0.3 is 6.18 Å². The molecule has 3 rings (SSSR count). The number of alkyl halides is 3. The number of aryl methyl sites for hydroxylation is 1. The third-order valence-electron chi connectivity index (χ3n) is 4.72. The van der Waals surface area contributed by atoms with E-state index in [-0.39, 0.29) is 5.92 Å². The van der Waals surface area contributed by atoms with Crippen molar-refractivity contribution in [2.24, 2.45) is 0 Å². The second-order valence-electron chi connectivity index (χ2n) is 6.47. The van der Waals surface area contributed by atoms with Gasteiger partial charge in [0, 0.05) is 31.2 Å². The maximum Gasteiger partial charge on any atom is 0.416 e. The summed E-state index contributed by atoms with van der Waals surface area (Å²) in [5.41, 5.74) is 3.37. The lowest BCUT2D eigenvalue weighted by Crippen LogP contribution is -2.29. The van der Waals surface area contributed by atoms with E-state index in [9.17, 15) is 13.2 Å². The summed E-state index contributed by atoms with van der Waals surface area (Å²) in [7, 11) is 0. The minimum Gasteiger partial charge on any atom is -0.367 e. The Morgan fingerprint density at radius 1 is 1.04 bits per heavy atom. The smallest absolute Gasteiger partial charge is 0.367 e. The molecule has 0 aromatic heterocycles.